The van der Waals surface area contributed by atoms with Crippen molar-refractivity contribution in [3.8, 4) is 16.9 Å². The molecule has 0 aromatic heterocycles. The van der Waals surface area contributed by atoms with Gasteiger partial charge >= 0.3 is 12.3 Å². The fourth-order valence-corrected chi connectivity index (χ4v) is 2.63. The van der Waals surface area contributed by atoms with Gasteiger partial charge in [-0.05, 0) is 42.0 Å². The normalized spacial score (nSPS) is 11.2. The first kappa shape index (κ1) is 20.0. The molecule has 0 aliphatic heterocycles. The molecule has 0 aliphatic carbocycles. The lowest BCUT2D eigenvalue weighted by molar-refractivity contribution is -0.274. The van der Waals surface area contributed by atoms with Crippen molar-refractivity contribution in [2.75, 3.05) is 11.1 Å². The van der Waals surface area contributed by atoms with E-state index in [0.717, 1.165) is 12.1 Å². The number of nitrogens with one attached hydrogen (secondary N) is 1. The van der Waals surface area contributed by atoms with Crippen LogP contribution in [0.4, 0.5) is 34.6 Å². The highest BCUT2D eigenvalue weighted by molar-refractivity contribution is 5.91. The van der Waals surface area contributed by atoms with Crippen LogP contribution in [-0.2, 0) is 0 Å². The van der Waals surface area contributed by atoms with E-state index in [-0.39, 0.29) is 28.2 Å². The molecule has 5 nitrogen and oxygen atoms in total. The topological polar surface area (TPSA) is 84.6 Å². The van der Waals surface area contributed by atoms with Crippen LogP contribution >= 0.6 is 0 Å². The van der Waals surface area contributed by atoms with Gasteiger partial charge < -0.3 is 20.9 Å². The van der Waals surface area contributed by atoms with Gasteiger partial charge in [-0.25, -0.2) is 9.18 Å². The minimum Gasteiger partial charge on any atom is -0.478 e. The van der Waals surface area contributed by atoms with Crippen LogP contribution in [0.3, 0.4) is 0 Å². The Morgan fingerprint density at radius 2 is 1.69 bits per heavy atom. The lowest BCUT2D eigenvalue weighted by Crippen LogP contribution is -2.16. The van der Waals surface area contributed by atoms with E-state index in [1.807, 2.05) is 0 Å². The van der Waals surface area contributed by atoms with Crippen molar-refractivity contribution in [3.63, 3.8) is 0 Å². The quantitative estimate of drug-likeness (QED) is 0.389. The monoisotopic (exact) mass is 406 g/mol. The molecule has 0 unspecified atom stereocenters. The Balaban J connectivity index is 1.91. The number of halogens is 4. The predicted octanol–water partition coefficient (Wildman–Crippen LogP) is 5.42. The van der Waals surface area contributed by atoms with Gasteiger partial charge in [0.25, 0.3) is 0 Å². The summed E-state index contributed by atoms with van der Waals surface area (Å²) in [6.07, 6.45) is -4.82. The molecule has 150 valence electrons. The van der Waals surface area contributed by atoms with Gasteiger partial charge in [-0.1, -0.05) is 24.3 Å². The van der Waals surface area contributed by atoms with Crippen molar-refractivity contribution in [2.45, 2.75) is 6.36 Å². The van der Waals surface area contributed by atoms with E-state index in [0.29, 0.717) is 5.56 Å². The standard InChI is InChI=1S/C20H14F4N2O3/c21-18-14(11-4-7-13(8-5-11)29-20(22,23)24)2-1-3-16(18)26-17-10-12(19(27)28)6-9-15(17)25/h1-10,26H,25H2,(H,27,28). The Morgan fingerprint density at radius 1 is 1.00 bits per heavy atom. The predicted molar refractivity (Wildman–Crippen MR) is 99.6 cm³/mol. The first-order chi connectivity index (χ1) is 13.6. The molecule has 0 heterocycles. The molecule has 0 saturated heterocycles. The van der Waals surface area contributed by atoms with Gasteiger partial charge in [-0.2, -0.15) is 0 Å². The zero-order valence-corrected chi connectivity index (χ0v) is 14.6. The summed E-state index contributed by atoms with van der Waals surface area (Å²) in [7, 11) is 0. The first-order valence-corrected chi connectivity index (χ1v) is 8.18. The molecule has 3 aromatic rings. The average Bonchev–Trinajstić information content (AvgIpc) is 2.64. The second kappa shape index (κ2) is 7.70. The fourth-order valence-electron chi connectivity index (χ4n) is 2.63. The van der Waals surface area contributed by atoms with E-state index in [2.05, 4.69) is 10.1 Å². The molecule has 3 rings (SSSR count). The summed E-state index contributed by atoms with van der Waals surface area (Å²) in [6, 6.07) is 13.1. The third-order valence-electron chi connectivity index (χ3n) is 3.97. The Kier molecular flexibility index (Phi) is 5.31. The summed E-state index contributed by atoms with van der Waals surface area (Å²) in [5, 5.41) is 11.8. The number of rotatable bonds is 5. The molecule has 0 bridgehead atoms. The molecule has 0 spiro atoms. The van der Waals surface area contributed by atoms with Crippen LogP contribution in [0.5, 0.6) is 5.75 Å². The van der Waals surface area contributed by atoms with Crippen molar-refractivity contribution in [1.29, 1.82) is 0 Å². The van der Waals surface area contributed by atoms with Crippen LogP contribution in [0.25, 0.3) is 11.1 Å². The Labute approximate surface area is 162 Å². The molecule has 29 heavy (non-hydrogen) atoms. The highest BCUT2D eigenvalue weighted by Crippen LogP contribution is 2.33. The zero-order chi connectivity index (χ0) is 21.2. The molecule has 0 radical (unpaired) electrons. The third-order valence-corrected chi connectivity index (χ3v) is 3.97. The second-order valence-electron chi connectivity index (χ2n) is 5.97. The molecule has 0 saturated carbocycles. The smallest absolute Gasteiger partial charge is 0.478 e. The Bertz CT molecular complexity index is 1050. The molecular weight excluding hydrogens is 392 g/mol. The number of nitrogens with two attached hydrogens (primary N) is 1. The molecule has 0 aliphatic rings. The maximum Gasteiger partial charge on any atom is 0.573 e. The van der Waals surface area contributed by atoms with E-state index in [4.69, 9.17) is 10.8 Å². The first-order valence-electron chi connectivity index (χ1n) is 8.18. The molecule has 9 heteroatoms. The molecular formula is C20H14F4N2O3. The number of aromatic carboxylic acids is 1. The lowest BCUT2D eigenvalue weighted by Gasteiger charge is -2.14. The number of ether oxygens (including phenoxy) is 1. The summed E-state index contributed by atoms with van der Waals surface area (Å²) >= 11 is 0. The van der Waals surface area contributed by atoms with Crippen molar-refractivity contribution in [3.05, 3.63) is 72.0 Å². The minimum atomic E-state index is -4.82. The van der Waals surface area contributed by atoms with Gasteiger partial charge in [0.15, 0.2) is 5.82 Å². The van der Waals surface area contributed by atoms with Crippen molar-refractivity contribution in [1.82, 2.24) is 0 Å². The van der Waals surface area contributed by atoms with Crippen LogP contribution in [0, 0.1) is 5.82 Å². The number of hydrogen-bond acceptors (Lipinski definition) is 4. The molecule has 0 atom stereocenters. The lowest BCUT2D eigenvalue weighted by atomic mass is 10.0. The number of nitrogen functional groups attached to an aromatic ring is 1. The minimum absolute atomic E-state index is 0.0207. The maximum absolute atomic E-state index is 15.0. The Hall–Kier alpha value is -3.75. The van der Waals surface area contributed by atoms with Gasteiger partial charge in [0.1, 0.15) is 5.75 Å². The van der Waals surface area contributed by atoms with Gasteiger partial charge in [0.05, 0.1) is 22.6 Å². The number of carboxylic acids is 1. The van der Waals surface area contributed by atoms with Crippen LogP contribution in [-0.4, -0.2) is 17.4 Å². The van der Waals surface area contributed by atoms with E-state index in [9.17, 15) is 22.4 Å². The van der Waals surface area contributed by atoms with Crippen LogP contribution in [0.2, 0.25) is 0 Å². The molecule has 0 fully saturated rings. The SMILES string of the molecule is Nc1ccc(C(=O)O)cc1Nc1cccc(-c2ccc(OC(F)(F)F)cc2)c1F. The number of hydrogen-bond donors (Lipinski definition) is 3. The Morgan fingerprint density at radius 3 is 2.31 bits per heavy atom. The summed E-state index contributed by atoms with van der Waals surface area (Å²) in [5.74, 6) is -2.27. The van der Waals surface area contributed by atoms with Crippen LogP contribution < -0.4 is 15.8 Å². The van der Waals surface area contributed by atoms with Gasteiger partial charge in [0, 0.05) is 5.56 Å². The second-order valence-corrected chi connectivity index (χ2v) is 5.97. The number of anilines is 3. The van der Waals surface area contributed by atoms with Crippen molar-refractivity contribution >= 4 is 23.0 Å². The molecule has 0 amide bonds. The highest BCUT2D eigenvalue weighted by atomic mass is 19.4. The average molecular weight is 406 g/mol. The van der Waals surface area contributed by atoms with Crippen molar-refractivity contribution < 1.29 is 32.2 Å². The summed E-state index contributed by atoms with van der Waals surface area (Å²) in [5.41, 5.74) is 6.68. The van der Waals surface area contributed by atoms with Gasteiger partial charge in [-0.3, -0.25) is 0 Å². The van der Waals surface area contributed by atoms with E-state index < -0.39 is 23.9 Å². The largest absolute Gasteiger partial charge is 0.573 e. The highest BCUT2D eigenvalue weighted by Gasteiger charge is 2.31. The number of benzene rings is 3. The van der Waals surface area contributed by atoms with E-state index in [1.54, 1.807) is 0 Å². The third kappa shape index (κ3) is 4.75. The van der Waals surface area contributed by atoms with Crippen LogP contribution in [0.1, 0.15) is 10.4 Å². The van der Waals surface area contributed by atoms with Gasteiger partial charge in [0.2, 0.25) is 0 Å². The van der Waals surface area contributed by atoms with E-state index >= 15 is 0 Å². The number of carboxylic acid groups (broad SMARTS) is 1. The molecule has 4 N–H and O–H groups in total. The molecule has 3 aromatic carbocycles. The van der Waals surface area contributed by atoms with Crippen molar-refractivity contribution in [2.24, 2.45) is 0 Å². The maximum atomic E-state index is 15.0. The van der Waals surface area contributed by atoms with Crippen LogP contribution in [0.15, 0.2) is 60.7 Å². The zero-order valence-electron chi connectivity index (χ0n) is 14.6. The number of alkyl halides is 3. The summed E-state index contributed by atoms with van der Waals surface area (Å²) in [4.78, 5) is 11.1. The van der Waals surface area contributed by atoms with E-state index in [1.165, 1.54) is 48.5 Å². The number of carbonyl (C=O) groups is 1. The summed E-state index contributed by atoms with van der Waals surface area (Å²) < 4.78 is 55.6. The fraction of sp³-hybridized carbons (Fsp3) is 0.0500. The van der Waals surface area contributed by atoms with Gasteiger partial charge in [-0.15, -0.1) is 13.2 Å². The summed E-state index contributed by atoms with van der Waals surface area (Å²) in [6.45, 7) is 0.